The third kappa shape index (κ3) is 3.82. The number of aromatic nitrogens is 1. The van der Waals surface area contributed by atoms with Gasteiger partial charge in [-0.25, -0.2) is 9.79 Å². The molecule has 0 N–H and O–H groups in total. The summed E-state index contributed by atoms with van der Waals surface area (Å²) in [4.78, 5) is 31.4. The van der Waals surface area contributed by atoms with E-state index in [1.54, 1.807) is 18.4 Å². The highest BCUT2D eigenvalue weighted by molar-refractivity contribution is 9.10. The quantitative estimate of drug-likeness (QED) is 0.534. The Labute approximate surface area is 185 Å². The Morgan fingerprint density at radius 1 is 1.20 bits per heavy atom. The summed E-state index contributed by atoms with van der Waals surface area (Å²) in [6, 6.07) is 16.7. The normalized spacial score (nSPS) is 16.2. The zero-order valence-corrected chi connectivity index (χ0v) is 18.9. The third-order valence-corrected chi connectivity index (χ3v) is 6.31. The molecule has 0 bridgehead atoms. The SMILES string of the molecule is CCOC(=O)C1=C(C)N=c2s/c(=C\c3ccccc3)c(=O)n2[C@H]1c1ccc(Br)cc1. The maximum absolute atomic E-state index is 13.4. The zero-order valence-electron chi connectivity index (χ0n) is 16.5. The van der Waals surface area contributed by atoms with Gasteiger partial charge in [0.15, 0.2) is 4.80 Å². The number of carbonyl (C=O) groups is 1. The summed E-state index contributed by atoms with van der Waals surface area (Å²) in [6.45, 7) is 3.80. The molecule has 0 radical (unpaired) electrons. The molecule has 0 saturated carbocycles. The van der Waals surface area contributed by atoms with Gasteiger partial charge in [-0.05, 0) is 43.2 Å². The smallest absolute Gasteiger partial charge is 0.338 e. The van der Waals surface area contributed by atoms with Crippen molar-refractivity contribution in [2.24, 2.45) is 4.99 Å². The average Bonchev–Trinajstić information content (AvgIpc) is 3.03. The molecule has 7 heteroatoms. The highest BCUT2D eigenvalue weighted by atomic mass is 79.9. The molecule has 1 atom stereocenters. The summed E-state index contributed by atoms with van der Waals surface area (Å²) in [5, 5.41) is 0. The molecule has 0 saturated heterocycles. The van der Waals surface area contributed by atoms with Crippen LogP contribution in [0.1, 0.15) is 31.0 Å². The number of halogens is 1. The number of rotatable bonds is 4. The van der Waals surface area contributed by atoms with Gasteiger partial charge < -0.3 is 4.74 Å². The number of hydrogen-bond acceptors (Lipinski definition) is 5. The van der Waals surface area contributed by atoms with Gasteiger partial charge in [0.2, 0.25) is 0 Å². The summed E-state index contributed by atoms with van der Waals surface area (Å²) in [5.41, 5.74) is 2.53. The Balaban J connectivity index is 1.96. The Morgan fingerprint density at radius 3 is 2.57 bits per heavy atom. The van der Waals surface area contributed by atoms with Crippen LogP contribution in [0, 0.1) is 0 Å². The fourth-order valence-electron chi connectivity index (χ4n) is 3.45. The first kappa shape index (κ1) is 20.5. The van der Waals surface area contributed by atoms with E-state index >= 15 is 0 Å². The number of nitrogens with zero attached hydrogens (tertiary/aromatic N) is 2. The largest absolute Gasteiger partial charge is 0.463 e. The number of fused-ring (bicyclic) bond motifs is 1. The molecule has 0 fully saturated rings. The number of benzene rings is 2. The lowest BCUT2D eigenvalue weighted by atomic mass is 9.96. The molecule has 3 aromatic rings. The number of carbonyl (C=O) groups excluding carboxylic acids is 1. The van der Waals surface area contributed by atoms with Crippen molar-refractivity contribution < 1.29 is 9.53 Å². The molecule has 1 aliphatic rings. The Hall–Kier alpha value is -2.77. The lowest BCUT2D eigenvalue weighted by molar-refractivity contribution is -0.139. The topological polar surface area (TPSA) is 60.7 Å². The fraction of sp³-hybridized carbons (Fsp3) is 0.174. The van der Waals surface area contributed by atoms with Crippen LogP contribution in [0.2, 0.25) is 0 Å². The zero-order chi connectivity index (χ0) is 21.3. The number of thiazole rings is 1. The van der Waals surface area contributed by atoms with Crippen molar-refractivity contribution in [3.05, 3.63) is 101 Å². The van der Waals surface area contributed by atoms with E-state index in [-0.39, 0.29) is 12.2 Å². The maximum Gasteiger partial charge on any atom is 0.338 e. The second-order valence-electron chi connectivity index (χ2n) is 6.76. The Morgan fingerprint density at radius 2 is 1.90 bits per heavy atom. The van der Waals surface area contributed by atoms with E-state index in [9.17, 15) is 9.59 Å². The van der Waals surface area contributed by atoms with Crippen molar-refractivity contribution in [2.45, 2.75) is 19.9 Å². The molecule has 0 aliphatic carbocycles. The Bertz CT molecular complexity index is 1310. The summed E-state index contributed by atoms with van der Waals surface area (Å²) < 4.78 is 8.39. The van der Waals surface area contributed by atoms with Gasteiger partial charge >= 0.3 is 5.97 Å². The molecule has 2 heterocycles. The van der Waals surface area contributed by atoms with Crippen LogP contribution in [0.5, 0.6) is 0 Å². The number of hydrogen-bond donors (Lipinski definition) is 0. The van der Waals surface area contributed by atoms with Crippen LogP contribution in [0.3, 0.4) is 0 Å². The molecule has 2 aromatic carbocycles. The molecule has 0 unspecified atom stereocenters. The molecule has 0 amide bonds. The van der Waals surface area contributed by atoms with Crippen molar-refractivity contribution in [1.82, 2.24) is 4.57 Å². The van der Waals surface area contributed by atoms with E-state index in [1.165, 1.54) is 11.3 Å². The van der Waals surface area contributed by atoms with Crippen molar-refractivity contribution in [3.8, 4) is 0 Å². The molecule has 152 valence electrons. The third-order valence-electron chi connectivity index (χ3n) is 4.80. The monoisotopic (exact) mass is 482 g/mol. The van der Waals surface area contributed by atoms with E-state index in [4.69, 9.17) is 4.74 Å². The van der Waals surface area contributed by atoms with Crippen LogP contribution in [-0.2, 0) is 9.53 Å². The first-order chi connectivity index (χ1) is 14.5. The van der Waals surface area contributed by atoms with Crippen molar-refractivity contribution in [3.63, 3.8) is 0 Å². The molecule has 5 nitrogen and oxygen atoms in total. The van der Waals surface area contributed by atoms with Crippen molar-refractivity contribution >= 4 is 39.3 Å². The maximum atomic E-state index is 13.4. The van der Waals surface area contributed by atoms with E-state index in [0.29, 0.717) is 20.6 Å². The molecule has 1 aromatic heterocycles. The minimum Gasteiger partial charge on any atom is -0.463 e. The highest BCUT2D eigenvalue weighted by Crippen LogP contribution is 2.31. The molecule has 4 rings (SSSR count). The Kier molecular flexibility index (Phi) is 5.83. The number of esters is 1. The van der Waals surface area contributed by atoms with E-state index in [1.807, 2.05) is 60.7 Å². The fourth-order valence-corrected chi connectivity index (χ4v) is 4.76. The van der Waals surface area contributed by atoms with Crippen LogP contribution < -0.4 is 14.9 Å². The van der Waals surface area contributed by atoms with Crippen LogP contribution in [0.15, 0.2) is 80.1 Å². The first-order valence-corrected chi connectivity index (χ1v) is 11.1. The number of allylic oxidation sites excluding steroid dienone is 1. The van der Waals surface area contributed by atoms with Gasteiger partial charge in [0, 0.05) is 4.47 Å². The molecular weight excluding hydrogens is 464 g/mol. The first-order valence-electron chi connectivity index (χ1n) is 9.49. The van der Waals surface area contributed by atoms with E-state index < -0.39 is 12.0 Å². The lowest BCUT2D eigenvalue weighted by Crippen LogP contribution is -2.39. The van der Waals surface area contributed by atoms with Gasteiger partial charge in [-0.3, -0.25) is 9.36 Å². The van der Waals surface area contributed by atoms with Gasteiger partial charge in [0.05, 0.1) is 28.5 Å². The van der Waals surface area contributed by atoms with E-state index in [0.717, 1.165) is 15.6 Å². The summed E-state index contributed by atoms with van der Waals surface area (Å²) >= 11 is 4.77. The predicted octanol–water partition coefficient (Wildman–Crippen LogP) is 3.56. The molecular formula is C23H19BrN2O3S. The van der Waals surface area contributed by atoms with Crippen molar-refractivity contribution in [2.75, 3.05) is 6.61 Å². The molecule has 30 heavy (non-hydrogen) atoms. The molecule has 0 spiro atoms. The second-order valence-corrected chi connectivity index (χ2v) is 8.69. The predicted molar refractivity (Wildman–Crippen MR) is 121 cm³/mol. The van der Waals surface area contributed by atoms with Gasteiger partial charge in [-0.1, -0.05) is 69.7 Å². The van der Waals surface area contributed by atoms with Gasteiger partial charge in [-0.2, -0.15) is 0 Å². The standard InChI is InChI=1S/C23H19BrN2O3S/c1-3-29-22(28)19-14(2)25-23-26(20(19)16-9-11-17(24)12-10-16)21(27)18(30-23)13-15-7-5-4-6-8-15/h4-13,20H,3H2,1-2H3/b18-13-/t20-/m0/s1. The summed E-state index contributed by atoms with van der Waals surface area (Å²) in [6.07, 6.45) is 1.85. The lowest BCUT2D eigenvalue weighted by Gasteiger charge is -2.24. The van der Waals surface area contributed by atoms with Crippen LogP contribution in [0.25, 0.3) is 6.08 Å². The van der Waals surface area contributed by atoms with Crippen LogP contribution in [0.4, 0.5) is 0 Å². The molecule has 1 aliphatic heterocycles. The van der Waals surface area contributed by atoms with Gasteiger partial charge in [0.1, 0.15) is 0 Å². The van der Waals surface area contributed by atoms with Crippen LogP contribution >= 0.6 is 27.3 Å². The summed E-state index contributed by atoms with van der Waals surface area (Å²) in [7, 11) is 0. The highest BCUT2D eigenvalue weighted by Gasteiger charge is 2.33. The second kappa shape index (κ2) is 8.53. The summed E-state index contributed by atoms with van der Waals surface area (Å²) in [5.74, 6) is -0.455. The van der Waals surface area contributed by atoms with E-state index in [2.05, 4.69) is 20.9 Å². The minimum atomic E-state index is -0.591. The van der Waals surface area contributed by atoms with Crippen LogP contribution in [-0.4, -0.2) is 17.1 Å². The van der Waals surface area contributed by atoms with Crippen molar-refractivity contribution in [1.29, 1.82) is 0 Å². The average molecular weight is 483 g/mol. The number of ether oxygens (including phenoxy) is 1. The minimum absolute atomic E-state index is 0.176. The van der Waals surface area contributed by atoms with Gasteiger partial charge in [0.25, 0.3) is 5.56 Å². The van der Waals surface area contributed by atoms with Gasteiger partial charge in [-0.15, -0.1) is 0 Å².